The molecule has 0 saturated carbocycles. The summed E-state index contributed by atoms with van der Waals surface area (Å²) in [6.07, 6.45) is 3.84. The summed E-state index contributed by atoms with van der Waals surface area (Å²) in [5.41, 5.74) is 12.4. The second-order valence-corrected chi connectivity index (χ2v) is 11.6. The first-order valence-corrected chi connectivity index (χ1v) is 14.2. The van der Waals surface area contributed by atoms with E-state index in [0.29, 0.717) is 0 Å². The van der Waals surface area contributed by atoms with E-state index in [1.807, 2.05) is 18.5 Å². The quantitative estimate of drug-likeness (QED) is 0.220. The van der Waals surface area contributed by atoms with Gasteiger partial charge in [0, 0.05) is 38.8 Å². The van der Waals surface area contributed by atoms with Gasteiger partial charge in [-0.25, -0.2) is 0 Å². The molecule has 3 nitrogen and oxygen atoms in total. The Kier molecular flexibility index (Phi) is 4.39. The number of nitrogens with zero attached hydrogens (tertiary/aromatic N) is 3. The van der Waals surface area contributed by atoms with Crippen LogP contribution in [0.3, 0.4) is 0 Å². The summed E-state index contributed by atoms with van der Waals surface area (Å²) < 4.78 is 4.92. The van der Waals surface area contributed by atoms with E-state index in [0.717, 1.165) is 11.4 Å². The van der Waals surface area contributed by atoms with Crippen molar-refractivity contribution >= 4 is 43.6 Å². The molecule has 1 aliphatic rings. The predicted molar refractivity (Wildman–Crippen MR) is 170 cm³/mol. The van der Waals surface area contributed by atoms with Gasteiger partial charge in [0.1, 0.15) is 0 Å². The lowest BCUT2D eigenvalue weighted by Crippen LogP contribution is -2.15. The van der Waals surface area contributed by atoms with Gasteiger partial charge in [-0.05, 0) is 58.7 Å². The van der Waals surface area contributed by atoms with Crippen molar-refractivity contribution in [1.82, 2.24) is 14.1 Å². The van der Waals surface area contributed by atoms with Crippen molar-refractivity contribution in [2.24, 2.45) is 0 Å². The maximum Gasteiger partial charge on any atom is 0.0795 e. The van der Waals surface area contributed by atoms with E-state index in [-0.39, 0.29) is 5.41 Å². The molecule has 3 heterocycles. The molecule has 8 aromatic rings. The molecule has 3 aromatic heterocycles. The number of pyridine rings is 1. The van der Waals surface area contributed by atoms with Crippen molar-refractivity contribution in [3.8, 4) is 22.5 Å². The smallest absolute Gasteiger partial charge is 0.0795 e. The number of rotatable bonds is 2. The standard InChI is InChI=1S/C38H27N3/c1-38(2)29-19-9-6-16-26(29)32-33-27-17-7-10-20-30(27)40(24-13-4-3-5-14-24)36(33)37-34(35(32)38)28-18-8-11-21-31(28)41(37)25-15-12-22-39-23-25/h3-23H,1-2H3. The first kappa shape index (κ1) is 22.6. The zero-order chi connectivity index (χ0) is 27.3. The molecule has 0 fully saturated rings. The molecule has 0 radical (unpaired) electrons. The minimum atomic E-state index is -0.168. The van der Waals surface area contributed by atoms with E-state index in [1.165, 1.54) is 65.9 Å². The third-order valence-electron chi connectivity index (χ3n) is 9.14. The number of fused-ring (bicyclic) bond motifs is 12. The number of hydrogen-bond donors (Lipinski definition) is 0. The highest BCUT2D eigenvalue weighted by molar-refractivity contribution is 6.30. The molecular weight excluding hydrogens is 498 g/mol. The fraction of sp³-hybridized carbons (Fsp3) is 0.0789. The maximum absolute atomic E-state index is 4.56. The van der Waals surface area contributed by atoms with Crippen LogP contribution in [0.4, 0.5) is 0 Å². The summed E-state index contributed by atoms with van der Waals surface area (Å²) in [6.45, 7) is 4.80. The van der Waals surface area contributed by atoms with Gasteiger partial charge in [-0.1, -0.05) is 92.7 Å². The Morgan fingerprint density at radius 2 is 1.15 bits per heavy atom. The Bertz CT molecular complexity index is 2320. The average Bonchev–Trinajstić information content (AvgIpc) is 3.62. The summed E-state index contributed by atoms with van der Waals surface area (Å²) >= 11 is 0. The largest absolute Gasteiger partial charge is 0.307 e. The molecule has 0 aliphatic heterocycles. The fourth-order valence-electron chi connectivity index (χ4n) is 7.56. The second-order valence-electron chi connectivity index (χ2n) is 11.6. The van der Waals surface area contributed by atoms with Crippen molar-refractivity contribution in [1.29, 1.82) is 0 Å². The number of hydrogen-bond acceptors (Lipinski definition) is 1. The summed E-state index contributed by atoms with van der Waals surface area (Å²) in [4.78, 5) is 4.56. The van der Waals surface area contributed by atoms with Gasteiger partial charge in [0.2, 0.25) is 0 Å². The zero-order valence-corrected chi connectivity index (χ0v) is 23.0. The summed E-state index contributed by atoms with van der Waals surface area (Å²) in [7, 11) is 0. The Hall–Kier alpha value is -5.15. The van der Waals surface area contributed by atoms with Gasteiger partial charge < -0.3 is 9.13 Å². The third kappa shape index (κ3) is 2.80. The topological polar surface area (TPSA) is 22.8 Å². The highest BCUT2D eigenvalue weighted by Gasteiger charge is 2.41. The fourth-order valence-corrected chi connectivity index (χ4v) is 7.56. The van der Waals surface area contributed by atoms with Crippen LogP contribution in [0.5, 0.6) is 0 Å². The van der Waals surface area contributed by atoms with E-state index < -0.39 is 0 Å². The first-order valence-electron chi connectivity index (χ1n) is 14.2. The van der Waals surface area contributed by atoms with Crippen LogP contribution in [-0.2, 0) is 5.41 Å². The van der Waals surface area contributed by atoms with E-state index in [4.69, 9.17) is 0 Å². The summed E-state index contributed by atoms with van der Waals surface area (Å²) in [5, 5.41) is 5.20. The van der Waals surface area contributed by atoms with Gasteiger partial charge in [-0.3, -0.25) is 4.98 Å². The van der Waals surface area contributed by atoms with Crippen LogP contribution in [-0.4, -0.2) is 14.1 Å². The third-order valence-corrected chi connectivity index (χ3v) is 9.14. The molecule has 194 valence electrons. The number of aromatic nitrogens is 3. The van der Waals surface area contributed by atoms with Gasteiger partial charge in [0.25, 0.3) is 0 Å². The Morgan fingerprint density at radius 3 is 1.88 bits per heavy atom. The van der Waals surface area contributed by atoms with E-state index in [1.54, 1.807) is 0 Å². The molecule has 0 amide bonds. The highest BCUT2D eigenvalue weighted by Crippen LogP contribution is 2.58. The first-order chi connectivity index (χ1) is 20.2. The molecule has 1 aliphatic carbocycles. The molecule has 0 bridgehead atoms. The van der Waals surface area contributed by atoms with E-state index in [2.05, 4.69) is 137 Å². The summed E-state index contributed by atoms with van der Waals surface area (Å²) in [6, 6.07) is 41.8. The Balaban J connectivity index is 1.68. The van der Waals surface area contributed by atoms with Crippen LogP contribution >= 0.6 is 0 Å². The zero-order valence-electron chi connectivity index (χ0n) is 23.0. The van der Waals surface area contributed by atoms with Crippen molar-refractivity contribution in [3.05, 3.63) is 139 Å². The lowest BCUT2D eigenvalue weighted by Gasteiger charge is -2.23. The lowest BCUT2D eigenvalue weighted by molar-refractivity contribution is 0.667. The average molecular weight is 526 g/mol. The van der Waals surface area contributed by atoms with Crippen molar-refractivity contribution < 1.29 is 0 Å². The van der Waals surface area contributed by atoms with Gasteiger partial charge in [-0.2, -0.15) is 0 Å². The molecule has 0 atom stereocenters. The normalized spacial score (nSPS) is 13.8. The minimum Gasteiger partial charge on any atom is -0.307 e. The Morgan fingerprint density at radius 1 is 0.561 bits per heavy atom. The van der Waals surface area contributed by atoms with Gasteiger partial charge >= 0.3 is 0 Å². The number of benzene rings is 5. The molecule has 5 aromatic carbocycles. The molecule has 41 heavy (non-hydrogen) atoms. The van der Waals surface area contributed by atoms with Crippen molar-refractivity contribution in [3.63, 3.8) is 0 Å². The van der Waals surface area contributed by atoms with Crippen LogP contribution in [0.25, 0.3) is 66.1 Å². The van der Waals surface area contributed by atoms with Gasteiger partial charge in [0.15, 0.2) is 0 Å². The second kappa shape index (κ2) is 7.96. The molecule has 0 spiro atoms. The van der Waals surface area contributed by atoms with E-state index >= 15 is 0 Å². The molecular formula is C38H27N3. The van der Waals surface area contributed by atoms with Crippen LogP contribution in [0.15, 0.2) is 128 Å². The van der Waals surface area contributed by atoms with Crippen LogP contribution < -0.4 is 0 Å². The molecule has 3 heteroatoms. The van der Waals surface area contributed by atoms with Crippen LogP contribution in [0, 0.1) is 0 Å². The molecule has 0 unspecified atom stereocenters. The van der Waals surface area contributed by atoms with Gasteiger partial charge in [-0.15, -0.1) is 0 Å². The molecule has 0 saturated heterocycles. The van der Waals surface area contributed by atoms with Gasteiger partial charge in [0.05, 0.1) is 34.0 Å². The Labute approximate surface area is 237 Å². The maximum atomic E-state index is 4.56. The highest BCUT2D eigenvalue weighted by atomic mass is 15.0. The lowest BCUT2D eigenvalue weighted by atomic mass is 9.80. The summed E-state index contributed by atoms with van der Waals surface area (Å²) in [5.74, 6) is 0. The number of para-hydroxylation sites is 3. The van der Waals surface area contributed by atoms with Crippen molar-refractivity contribution in [2.75, 3.05) is 0 Å². The molecule has 0 N–H and O–H groups in total. The SMILES string of the molecule is CC1(C)c2ccccc2-c2c1c1c3ccccc3n(-c3cccnc3)c1c1c2c2ccccc2n1-c1ccccc1. The van der Waals surface area contributed by atoms with Crippen LogP contribution in [0.2, 0.25) is 0 Å². The monoisotopic (exact) mass is 525 g/mol. The van der Waals surface area contributed by atoms with E-state index in [9.17, 15) is 0 Å². The molecule has 9 rings (SSSR count). The predicted octanol–water partition coefficient (Wildman–Crippen LogP) is 9.58. The minimum absolute atomic E-state index is 0.168. The van der Waals surface area contributed by atoms with Crippen LogP contribution in [0.1, 0.15) is 25.0 Å². The van der Waals surface area contributed by atoms with Crippen molar-refractivity contribution in [2.45, 2.75) is 19.3 Å².